The number of halogens is 1. The minimum absolute atomic E-state index is 0.0273. The molecule has 0 radical (unpaired) electrons. The minimum Gasteiger partial charge on any atom is -0.300 e. The Morgan fingerprint density at radius 1 is 0.923 bits per heavy atom. The molecule has 0 aliphatic carbocycles. The van der Waals surface area contributed by atoms with Gasteiger partial charge in [0.2, 0.25) is 0 Å². The van der Waals surface area contributed by atoms with Gasteiger partial charge in [0, 0.05) is 23.2 Å². The van der Waals surface area contributed by atoms with Gasteiger partial charge in [-0.15, -0.1) is 0 Å². The van der Waals surface area contributed by atoms with Gasteiger partial charge in [0.1, 0.15) is 0 Å². The van der Waals surface area contributed by atoms with Crippen molar-refractivity contribution in [2.45, 2.75) is 19.0 Å². The zero-order chi connectivity index (χ0) is 18.5. The lowest BCUT2D eigenvalue weighted by atomic mass is 9.96. The maximum absolute atomic E-state index is 11.2. The van der Waals surface area contributed by atoms with Crippen LogP contribution in [0.25, 0.3) is 0 Å². The summed E-state index contributed by atoms with van der Waals surface area (Å²) >= 11 is 6.41. The average molecular weight is 367 g/mol. The number of benzene rings is 3. The van der Waals surface area contributed by atoms with Crippen molar-refractivity contribution < 1.29 is 4.92 Å². The van der Waals surface area contributed by atoms with E-state index in [-0.39, 0.29) is 17.8 Å². The number of nitro benzene ring substituents is 1. The van der Waals surface area contributed by atoms with E-state index >= 15 is 0 Å². The first kappa shape index (κ1) is 18.1. The van der Waals surface area contributed by atoms with E-state index in [0.717, 1.165) is 11.1 Å². The molecule has 0 saturated heterocycles. The molecule has 1 unspecified atom stereocenters. The van der Waals surface area contributed by atoms with Gasteiger partial charge in [0.05, 0.1) is 11.0 Å². The molecule has 1 N–H and O–H groups in total. The van der Waals surface area contributed by atoms with Crippen LogP contribution in [-0.2, 0) is 0 Å². The predicted molar refractivity (Wildman–Crippen MR) is 104 cm³/mol. The fraction of sp³-hybridized carbons (Fsp3) is 0.143. The normalized spacial score (nSPS) is 13.2. The molecule has 132 valence electrons. The molecular weight excluding hydrogens is 348 g/mol. The third-order valence-electron chi connectivity index (χ3n) is 4.35. The number of nitro groups is 1. The Morgan fingerprint density at radius 3 is 2.08 bits per heavy atom. The van der Waals surface area contributed by atoms with Crippen LogP contribution < -0.4 is 5.32 Å². The second-order valence-corrected chi connectivity index (χ2v) is 6.51. The lowest BCUT2D eigenvalue weighted by Crippen LogP contribution is -2.26. The average Bonchev–Trinajstić information content (AvgIpc) is 2.68. The predicted octanol–water partition coefficient (Wildman–Crippen LogP) is 5.69. The Kier molecular flexibility index (Phi) is 5.66. The van der Waals surface area contributed by atoms with Gasteiger partial charge in [-0.2, -0.15) is 0 Å². The Balaban J connectivity index is 2.02. The zero-order valence-electron chi connectivity index (χ0n) is 14.3. The molecule has 4 nitrogen and oxygen atoms in total. The third kappa shape index (κ3) is 4.10. The second kappa shape index (κ2) is 8.13. The van der Waals surface area contributed by atoms with Gasteiger partial charge in [-0.25, -0.2) is 0 Å². The van der Waals surface area contributed by atoms with Gasteiger partial charge in [-0.1, -0.05) is 72.3 Å². The number of hydrogen-bond donors (Lipinski definition) is 1. The van der Waals surface area contributed by atoms with Crippen LogP contribution in [0.2, 0.25) is 5.02 Å². The highest BCUT2D eigenvalue weighted by Crippen LogP contribution is 2.33. The van der Waals surface area contributed by atoms with E-state index in [1.165, 1.54) is 6.07 Å². The molecule has 26 heavy (non-hydrogen) atoms. The lowest BCUT2D eigenvalue weighted by molar-refractivity contribution is -0.384. The Hall–Kier alpha value is -2.69. The summed E-state index contributed by atoms with van der Waals surface area (Å²) in [7, 11) is 0. The summed E-state index contributed by atoms with van der Waals surface area (Å²) in [4.78, 5) is 10.8. The molecule has 0 amide bonds. The van der Waals surface area contributed by atoms with E-state index in [2.05, 4.69) is 24.4 Å². The van der Waals surface area contributed by atoms with Crippen LogP contribution in [0, 0.1) is 10.1 Å². The molecule has 0 heterocycles. The summed E-state index contributed by atoms with van der Waals surface area (Å²) in [6.07, 6.45) is 0. The summed E-state index contributed by atoms with van der Waals surface area (Å²) in [6, 6.07) is 24.2. The summed E-state index contributed by atoms with van der Waals surface area (Å²) in [5, 5.41) is 15.3. The molecule has 3 aromatic rings. The maximum atomic E-state index is 11.2. The van der Waals surface area contributed by atoms with Crippen LogP contribution >= 0.6 is 11.6 Å². The van der Waals surface area contributed by atoms with E-state index in [0.29, 0.717) is 10.6 Å². The van der Waals surface area contributed by atoms with Crippen LogP contribution in [0.3, 0.4) is 0 Å². The molecule has 0 aliphatic heterocycles. The highest BCUT2D eigenvalue weighted by Gasteiger charge is 2.22. The van der Waals surface area contributed by atoms with Crippen LogP contribution in [0.5, 0.6) is 0 Å². The van der Waals surface area contributed by atoms with Crippen molar-refractivity contribution >= 4 is 17.3 Å². The second-order valence-electron chi connectivity index (χ2n) is 6.11. The maximum Gasteiger partial charge on any atom is 0.269 e. The molecule has 0 fully saturated rings. The summed E-state index contributed by atoms with van der Waals surface area (Å²) in [5.74, 6) is 0. The van der Waals surface area contributed by atoms with E-state index in [1.807, 2.05) is 48.5 Å². The molecule has 3 aromatic carbocycles. The van der Waals surface area contributed by atoms with Gasteiger partial charge >= 0.3 is 0 Å². The van der Waals surface area contributed by atoms with E-state index in [9.17, 15) is 10.1 Å². The van der Waals surface area contributed by atoms with Crippen molar-refractivity contribution in [2.75, 3.05) is 0 Å². The molecular formula is C21H19ClN2O2. The van der Waals surface area contributed by atoms with Crippen molar-refractivity contribution in [1.82, 2.24) is 5.32 Å². The summed E-state index contributed by atoms with van der Waals surface area (Å²) in [6.45, 7) is 2.07. The number of hydrogen-bond acceptors (Lipinski definition) is 3. The van der Waals surface area contributed by atoms with Crippen LogP contribution in [0.15, 0.2) is 78.9 Å². The first-order valence-corrected chi connectivity index (χ1v) is 8.74. The van der Waals surface area contributed by atoms with E-state index in [1.54, 1.807) is 12.1 Å². The minimum atomic E-state index is -0.400. The van der Waals surface area contributed by atoms with Gasteiger partial charge in [-0.05, 0) is 29.7 Å². The van der Waals surface area contributed by atoms with Crippen molar-refractivity contribution in [3.05, 3.63) is 111 Å². The Labute approximate surface area is 157 Å². The number of nitrogens with one attached hydrogen (secondary N) is 1. The van der Waals surface area contributed by atoms with E-state index in [4.69, 9.17) is 11.6 Å². The number of nitrogens with zero attached hydrogens (tertiary/aromatic N) is 1. The van der Waals surface area contributed by atoms with Crippen LogP contribution in [-0.4, -0.2) is 4.92 Å². The molecule has 0 bridgehead atoms. The molecule has 2 atom stereocenters. The molecule has 3 rings (SSSR count). The summed E-state index contributed by atoms with van der Waals surface area (Å²) < 4.78 is 0. The largest absolute Gasteiger partial charge is 0.300 e. The summed E-state index contributed by atoms with van der Waals surface area (Å²) in [5.41, 5.74) is 2.85. The first-order valence-electron chi connectivity index (χ1n) is 8.36. The topological polar surface area (TPSA) is 55.2 Å². The van der Waals surface area contributed by atoms with Gasteiger partial charge in [0.25, 0.3) is 5.69 Å². The first-order chi connectivity index (χ1) is 12.6. The lowest BCUT2D eigenvalue weighted by Gasteiger charge is -2.25. The Bertz CT molecular complexity index is 885. The molecule has 0 aromatic heterocycles. The SMILES string of the molecule is C[C@H](NC(c1ccccc1)c1cc([N+](=O)[O-])ccc1Cl)c1ccccc1. The third-order valence-corrected chi connectivity index (χ3v) is 4.69. The van der Waals surface area contributed by atoms with Crippen LogP contribution in [0.4, 0.5) is 5.69 Å². The molecule has 0 aliphatic rings. The fourth-order valence-electron chi connectivity index (χ4n) is 2.96. The molecule has 0 saturated carbocycles. The van der Waals surface area contributed by atoms with E-state index < -0.39 is 4.92 Å². The zero-order valence-corrected chi connectivity index (χ0v) is 15.1. The smallest absolute Gasteiger partial charge is 0.269 e. The fourth-order valence-corrected chi connectivity index (χ4v) is 3.19. The van der Waals surface area contributed by atoms with Gasteiger partial charge in [0.15, 0.2) is 0 Å². The van der Waals surface area contributed by atoms with Crippen molar-refractivity contribution in [3.8, 4) is 0 Å². The number of non-ortho nitro benzene ring substituents is 1. The Morgan fingerprint density at radius 2 is 1.50 bits per heavy atom. The van der Waals surface area contributed by atoms with Crippen LogP contribution in [0.1, 0.15) is 35.7 Å². The van der Waals surface area contributed by atoms with Crippen molar-refractivity contribution in [3.63, 3.8) is 0 Å². The standard InChI is InChI=1S/C21H19ClN2O2/c1-15(16-8-4-2-5-9-16)23-21(17-10-6-3-7-11-17)19-14-18(24(25)26)12-13-20(19)22/h2-15,21,23H,1H3/t15-,21?/m0/s1. The van der Waals surface area contributed by atoms with Gasteiger partial charge in [-0.3, -0.25) is 15.4 Å². The van der Waals surface area contributed by atoms with Crippen molar-refractivity contribution in [1.29, 1.82) is 0 Å². The van der Waals surface area contributed by atoms with Crippen molar-refractivity contribution in [2.24, 2.45) is 0 Å². The highest BCUT2D eigenvalue weighted by atomic mass is 35.5. The number of rotatable bonds is 6. The highest BCUT2D eigenvalue weighted by molar-refractivity contribution is 6.31. The monoisotopic (exact) mass is 366 g/mol. The molecule has 5 heteroatoms. The van der Waals surface area contributed by atoms with Gasteiger partial charge < -0.3 is 0 Å². The quantitative estimate of drug-likeness (QED) is 0.450. The molecule has 0 spiro atoms.